The van der Waals surface area contributed by atoms with Gasteiger partial charge in [0.2, 0.25) is 0 Å². The molecule has 0 radical (unpaired) electrons. The van der Waals surface area contributed by atoms with E-state index in [4.69, 9.17) is 0 Å². The van der Waals surface area contributed by atoms with Crippen LogP contribution in [-0.4, -0.2) is 4.98 Å². The lowest BCUT2D eigenvalue weighted by Crippen LogP contribution is -2.09. The average molecular weight is 701 g/mol. The molecule has 0 spiro atoms. The number of nitrogens with zero attached hydrogens (tertiary/aromatic N) is 2. The molecule has 258 valence electrons. The van der Waals surface area contributed by atoms with Gasteiger partial charge in [-0.25, -0.2) is 0 Å². The quantitative estimate of drug-likeness (QED) is 0.165. The first kappa shape index (κ1) is 32.4. The third-order valence-corrected chi connectivity index (χ3v) is 10.7. The highest BCUT2D eigenvalue weighted by atomic mass is 15.1. The molecule has 9 aromatic carbocycles. The maximum absolute atomic E-state index is 4.46. The Hall–Kier alpha value is -7.29. The van der Waals surface area contributed by atoms with E-state index in [1.165, 1.54) is 60.3 Å². The first-order valence-electron chi connectivity index (χ1n) is 18.8. The fraction of sp³-hybridized carbons (Fsp3) is 0. The van der Waals surface area contributed by atoms with Gasteiger partial charge in [0.1, 0.15) is 0 Å². The van der Waals surface area contributed by atoms with Gasteiger partial charge in [0, 0.05) is 34.8 Å². The maximum Gasteiger partial charge on any atom is 0.0462 e. The molecule has 0 N–H and O–H groups in total. The Balaban J connectivity index is 1.03. The fourth-order valence-corrected chi connectivity index (χ4v) is 7.83. The Labute approximate surface area is 321 Å². The predicted molar refractivity (Wildman–Crippen MR) is 233 cm³/mol. The standard InChI is InChI=1S/C53H36N2/c1-2-10-42(11-3-1)53-35-47(34-48-36-54-31-30-52(48)53)41-22-28-51(29-23-41)55(49-24-18-39(19-25-49)45-16-14-37-8-4-6-12-43(37)32-45)50-26-20-40(21-27-50)46-17-15-38-9-5-7-13-44(38)33-46/h1-36H. The smallest absolute Gasteiger partial charge is 0.0462 e. The molecule has 0 aliphatic carbocycles. The molecule has 55 heavy (non-hydrogen) atoms. The number of hydrogen-bond acceptors (Lipinski definition) is 2. The molecule has 0 atom stereocenters. The summed E-state index contributed by atoms with van der Waals surface area (Å²) < 4.78 is 0. The van der Waals surface area contributed by atoms with Gasteiger partial charge in [0.25, 0.3) is 0 Å². The van der Waals surface area contributed by atoms with E-state index < -0.39 is 0 Å². The second kappa shape index (κ2) is 13.9. The van der Waals surface area contributed by atoms with Crippen molar-refractivity contribution in [2.24, 2.45) is 0 Å². The van der Waals surface area contributed by atoms with Crippen LogP contribution >= 0.6 is 0 Å². The zero-order chi connectivity index (χ0) is 36.6. The highest BCUT2D eigenvalue weighted by Gasteiger charge is 2.15. The third kappa shape index (κ3) is 6.30. The summed E-state index contributed by atoms with van der Waals surface area (Å²) in [4.78, 5) is 6.80. The second-order valence-corrected chi connectivity index (χ2v) is 14.1. The summed E-state index contributed by atoms with van der Waals surface area (Å²) in [5.41, 5.74) is 12.8. The summed E-state index contributed by atoms with van der Waals surface area (Å²) in [6.07, 6.45) is 3.84. The molecule has 0 saturated carbocycles. The normalized spacial score (nSPS) is 11.3. The van der Waals surface area contributed by atoms with Crippen molar-refractivity contribution < 1.29 is 0 Å². The first-order valence-corrected chi connectivity index (χ1v) is 18.8. The molecule has 0 aliphatic rings. The minimum atomic E-state index is 1.09. The summed E-state index contributed by atoms with van der Waals surface area (Å²) in [6, 6.07) is 74.6. The lowest BCUT2D eigenvalue weighted by atomic mass is 9.94. The van der Waals surface area contributed by atoms with Crippen molar-refractivity contribution in [1.82, 2.24) is 4.98 Å². The Morgan fingerprint density at radius 2 is 0.727 bits per heavy atom. The Morgan fingerprint density at radius 1 is 0.291 bits per heavy atom. The molecule has 0 fully saturated rings. The van der Waals surface area contributed by atoms with Crippen LogP contribution in [0.25, 0.3) is 76.8 Å². The van der Waals surface area contributed by atoms with Gasteiger partial charge in [-0.1, -0.05) is 140 Å². The van der Waals surface area contributed by atoms with Gasteiger partial charge in [-0.15, -0.1) is 0 Å². The van der Waals surface area contributed by atoms with Crippen molar-refractivity contribution in [3.63, 3.8) is 0 Å². The van der Waals surface area contributed by atoms with E-state index in [-0.39, 0.29) is 0 Å². The van der Waals surface area contributed by atoms with Crippen LogP contribution in [0.1, 0.15) is 0 Å². The van der Waals surface area contributed by atoms with E-state index in [1.54, 1.807) is 0 Å². The number of benzene rings is 9. The van der Waals surface area contributed by atoms with Crippen LogP contribution < -0.4 is 4.90 Å². The van der Waals surface area contributed by atoms with Gasteiger partial charge in [-0.3, -0.25) is 4.98 Å². The highest BCUT2D eigenvalue weighted by Crippen LogP contribution is 2.39. The summed E-state index contributed by atoms with van der Waals surface area (Å²) in [5.74, 6) is 0. The highest BCUT2D eigenvalue weighted by molar-refractivity contribution is 6.00. The predicted octanol–water partition coefficient (Wildman–Crippen LogP) is 14.7. The Morgan fingerprint density at radius 3 is 1.25 bits per heavy atom. The first-order chi connectivity index (χ1) is 27.2. The minimum Gasteiger partial charge on any atom is -0.311 e. The van der Waals surface area contributed by atoms with Crippen LogP contribution in [0.3, 0.4) is 0 Å². The van der Waals surface area contributed by atoms with Crippen LogP contribution in [0, 0.1) is 0 Å². The maximum atomic E-state index is 4.46. The topological polar surface area (TPSA) is 16.1 Å². The van der Waals surface area contributed by atoms with E-state index in [1.807, 2.05) is 12.4 Å². The van der Waals surface area contributed by atoms with Gasteiger partial charge >= 0.3 is 0 Å². The van der Waals surface area contributed by atoms with Gasteiger partial charge in [0.15, 0.2) is 0 Å². The monoisotopic (exact) mass is 700 g/mol. The van der Waals surface area contributed by atoms with Gasteiger partial charge in [-0.2, -0.15) is 0 Å². The molecule has 0 aliphatic heterocycles. The number of fused-ring (bicyclic) bond motifs is 3. The number of hydrogen-bond donors (Lipinski definition) is 0. The Bertz CT molecular complexity index is 2830. The van der Waals surface area contributed by atoms with Crippen molar-refractivity contribution in [2.45, 2.75) is 0 Å². The van der Waals surface area contributed by atoms with Crippen molar-refractivity contribution >= 4 is 49.4 Å². The summed E-state index contributed by atoms with van der Waals surface area (Å²) in [5, 5.41) is 7.32. The molecule has 2 heteroatoms. The molecule has 10 rings (SSSR count). The zero-order valence-corrected chi connectivity index (χ0v) is 30.2. The summed E-state index contributed by atoms with van der Waals surface area (Å²) in [7, 11) is 0. The lowest BCUT2D eigenvalue weighted by Gasteiger charge is -2.26. The largest absolute Gasteiger partial charge is 0.311 e. The third-order valence-electron chi connectivity index (χ3n) is 10.7. The van der Waals surface area contributed by atoms with E-state index in [9.17, 15) is 0 Å². The lowest BCUT2D eigenvalue weighted by molar-refractivity contribution is 1.28. The van der Waals surface area contributed by atoms with Crippen molar-refractivity contribution in [1.29, 1.82) is 0 Å². The number of pyridine rings is 1. The Kier molecular flexibility index (Phi) is 8.20. The second-order valence-electron chi connectivity index (χ2n) is 14.1. The van der Waals surface area contributed by atoms with Gasteiger partial charge < -0.3 is 4.90 Å². The molecular formula is C53H36N2. The van der Waals surface area contributed by atoms with Crippen molar-refractivity contribution in [3.05, 3.63) is 219 Å². The van der Waals surface area contributed by atoms with E-state index >= 15 is 0 Å². The van der Waals surface area contributed by atoms with Gasteiger partial charge in [-0.05, 0) is 138 Å². The molecule has 0 bridgehead atoms. The molecule has 2 nitrogen and oxygen atoms in total. The molecule has 0 amide bonds. The fourth-order valence-electron chi connectivity index (χ4n) is 7.83. The minimum absolute atomic E-state index is 1.09. The molecule has 0 saturated heterocycles. The molecule has 0 unspecified atom stereocenters. The van der Waals surface area contributed by atoms with Crippen LogP contribution in [0.2, 0.25) is 0 Å². The number of anilines is 3. The van der Waals surface area contributed by atoms with Gasteiger partial charge in [0.05, 0.1) is 0 Å². The van der Waals surface area contributed by atoms with Crippen molar-refractivity contribution in [3.8, 4) is 44.5 Å². The number of rotatable bonds is 7. The molecule has 1 aromatic heterocycles. The van der Waals surface area contributed by atoms with E-state index in [0.717, 1.165) is 33.6 Å². The van der Waals surface area contributed by atoms with Crippen LogP contribution in [0.15, 0.2) is 219 Å². The molecule has 10 aromatic rings. The summed E-state index contributed by atoms with van der Waals surface area (Å²) >= 11 is 0. The van der Waals surface area contributed by atoms with E-state index in [0.29, 0.717) is 0 Å². The van der Waals surface area contributed by atoms with Crippen LogP contribution in [0.4, 0.5) is 17.1 Å². The van der Waals surface area contributed by atoms with E-state index in [2.05, 4.69) is 216 Å². The summed E-state index contributed by atoms with van der Waals surface area (Å²) in [6.45, 7) is 0. The van der Waals surface area contributed by atoms with Crippen LogP contribution in [0.5, 0.6) is 0 Å². The molecular weight excluding hydrogens is 665 g/mol. The molecule has 1 heterocycles. The average Bonchev–Trinajstić information content (AvgIpc) is 3.27. The number of aromatic nitrogens is 1. The zero-order valence-electron chi connectivity index (χ0n) is 30.2. The van der Waals surface area contributed by atoms with Crippen molar-refractivity contribution in [2.75, 3.05) is 4.90 Å². The van der Waals surface area contributed by atoms with Crippen LogP contribution in [-0.2, 0) is 0 Å². The SMILES string of the molecule is c1ccc(-c2cc(-c3ccc(N(c4ccc(-c5ccc6ccccc6c5)cc4)c4ccc(-c5ccc6ccccc6c5)cc4)cc3)cc3cnccc23)cc1.